The van der Waals surface area contributed by atoms with Crippen LogP contribution in [-0.2, 0) is 13.1 Å². The number of hydrogen-bond donors (Lipinski definition) is 0. The summed E-state index contributed by atoms with van der Waals surface area (Å²) in [5.41, 5.74) is 2.24. The molecule has 0 saturated carbocycles. The van der Waals surface area contributed by atoms with E-state index in [1.165, 1.54) is 0 Å². The van der Waals surface area contributed by atoms with Crippen LogP contribution in [0.3, 0.4) is 0 Å². The molecule has 2 aromatic heterocycles. The summed E-state index contributed by atoms with van der Waals surface area (Å²) < 4.78 is 7.45. The Hall–Kier alpha value is -3.01. The van der Waals surface area contributed by atoms with Crippen molar-refractivity contribution in [2.24, 2.45) is 0 Å². The minimum atomic E-state index is 0.574. The molecule has 0 aliphatic carbocycles. The average Bonchev–Trinajstić information content (AvgIpc) is 3.23. The topological polar surface area (TPSA) is 67.2 Å². The van der Waals surface area contributed by atoms with Crippen LogP contribution in [0.25, 0.3) is 11.4 Å². The summed E-state index contributed by atoms with van der Waals surface area (Å²) >= 11 is 0. The molecular weight excluding hydrogens is 278 g/mol. The fraction of sp³-hybridized carbons (Fsp3) is 0.267. The van der Waals surface area contributed by atoms with E-state index in [2.05, 4.69) is 30.1 Å². The van der Waals surface area contributed by atoms with Crippen molar-refractivity contribution >= 4 is 0 Å². The van der Waals surface area contributed by atoms with Crippen LogP contribution < -0.4 is 9.13 Å². The largest absolute Gasteiger partial charge is 0.265 e. The molecular formula is C15H17N7+2. The van der Waals surface area contributed by atoms with Gasteiger partial charge in [0, 0.05) is 16.3 Å². The number of nitriles is 1. The molecule has 0 atom stereocenters. The van der Waals surface area contributed by atoms with Crippen molar-refractivity contribution in [3.63, 3.8) is 0 Å². The van der Waals surface area contributed by atoms with Crippen molar-refractivity contribution in [1.82, 2.24) is 19.6 Å². The first-order valence-electron chi connectivity index (χ1n) is 7.17. The molecule has 3 aromatic rings. The quantitative estimate of drug-likeness (QED) is 0.660. The normalized spacial score (nSPS) is 10.6. The van der Waals surface area contributed by atoms with E-state index in [-0.39, 0.29) is 0 Å². The minimum Gasteiger partial charge on any atom is -0.237 e. The zero-order valence-corrected chi connectivity index (χ0v) is 12.6. The maximum atomic E-state index is 9.26. The minimum absolute atomic E-state index is 0.574. The Labute approximate surface area is 128 Å². The second-order valence-corrected chi connectivity index (χ2v) is 4.89. The van der Waals surface area contributed by atoms with E-state index in [0.29, 0.717) is 5.56 Å². The zero-order chi connectivity index (χ0) is 15.5. The summed E-state index contributed by atoms with van der Waals surface area (Å²) in [6, 6.07) is 7.78. The van der Waals surface area contributed by atoms with Gasteiger partial charge >= 0.3 is 0 Å². The summed E-state index contributed by atoms with van der Waals surface area (Å²) in [4.78, 5) is 0. The molecule has 0 amide bonds. The van der Waals surface area contributed by atoms with Crippen LogP contribution in [-0.4, -0.2) is 19.6 Å². The van der Waals surface area contributed by atoms with Crippen molar-refractivity contribution < 1.29 is 9.13 Å². The third-order valence-corrected chi connectivity index (χ3v) is 3.46. The third kappa shape index (κ3) is 2.59. The number of benzene rings is 1. The molecule has 0 fully saturated rings. The van der Waals surface area contributed by atoms with Gasteiger partial charge < -0.3 is 0 Å². The van der Waals surface area contributed by atoms with E-state index < -0.39 is 0 Å². The van der Waals surface area contributed by atoms with Crippen LogP contribution in [0.2, 0.25) is 0 Å². The molecule has 2 heterocycles. The number of hydrogen-bond acceptors (Lipinski definition) is 3. The van der Waals surface area contributed by atoms with Gasteiger partial charge in [-0.2, -0.15) is 5.26 Å². The van der Waals surface area contributed by atoms with E-state index in [0.717, 1.165) is 24.5 Å². The highest BCUT2D eigenvalue weighted by Crippen LogP contribution is 2.15. The van der Waals surface area contributed by atoms with Crippen molar-refractivity contribution in [2.45, 2.75) is 26.9 Å². The lowest BCUT2D eigenvalue weighted by molar-refractivity contribution is -0.694. The van der Waals surface area contributed by atoms with Crippen molar-refractivity contribution in [3.05, 3.63) is 49.1 Å². The fourth-order valence-electron chi connectivity index (χ4n) is 2.16. The molecule has 22 heavy (non-hydrogen) atoms. The highest BCUT2D eigenvalue weighted by molar-refractivity contribution is 5.50. The Balaban J connectivity index is 2.08. The summed E-state index contributed by atoms with van der Waals surface area (Å²) in [5, 5.41) is 17.9. The van der Waals surface area contributed by atoms with E-state index in [9.17, 15) is 5.26 Å². The van der Waals surface area contributed by atoms with Crippen LogP contribution in [0.4, 0.5) is 0 Å². The molecule has 0 spiro atoms. The Morgan fingerprint density at radius 1 is 0.955 bits per heavy atom. The van der Waals surface area contributed by atoms with Gasteiger partial charge in [-0.05, 0) is 26.0 Å². The first kappa shape index (κ1) is 13.9. The lowest BCUT2D eigenvalue weighted by atomic mass is 10.2. The van der Waals surface area contributed by atoms with Gasteiger partial charge in [0.1, 0.15) is 11.4 Å². The van der Waals surface area contributed by atoms with Gasteiger partial charge in [-0.25, -0.2) is 9.13 Å². The average molecular weight is 295 g/mol. The van der Waals surface area contributed by atoms with Gasteiger partial charge in [0.05, 0.1) is 24.7 Å². The van der Waals surface area contributed by atoms with Crippen molar-refractivity contribution in [1.29, 1.82) is 5.26 Å². The smallest absolute Gasteiger partial charge is 0.237 e. The lowest BCUT2D eigenvalue weighted by Gasteiger charge is -1.98. The molecule has 0 unspecified atom stereocenters. The SMILES string of the molecule is CC[n+]1cnn(-c2cc(C#N)cc(-n3c[n+](CC)cn3)c2)c1. The van der Waals surface area contributed by atoms with Gasteiger partial charge in [-0.1, -0.05) is 9.36 Å². The molecule has 0 bridgehead atoms. The number of rotatable bonds is 4. The third-order valence-electron chi connectivity index (χ3n) is 3.46. The zero-order valence-electron chi connectivity index (χ0n) is 12.6. The molecule has 110 valence electrons. The van der Waals surface area contributed by atoms with Crippen LogP contribution in [0.1, 0.15) is 19.4 Å². The molecule has 7 heteroatoms. The molecule has 1 aromatic carbocycles. The first-order valence-corrected chi connectivity index (χ1v) is 7.17. The van der Waals surface area contributed by atoms with E-state index in [1.54, 1.807) is 22.0 Å². The summed E-state index contributed by atoms with van der Waals surface area (Å²) in [6.45, 7) is 5.80. The lowest BCUT2D eigenvalue weighted by Crippen LogP contribution is -2.29. The van der Waals surface area contributed by atoms with E-state index in [1.807, 2.05) is 40.0 Å². The second kappa shape index (κ2) is 5.77. The predicted molar refractivity (Wildman–Crippen MR) is 77.1 cm³/mol. The molecule has 0 saturated heterocycles. The highest BCUT2D eigenvalue weighted by Gasteiger charge is 2.15. The first-order chi connectivity index (χ1) is 10.7. The molecule has 0 aliphatic rings. The summed E-state index contributed by atoms with van der Waals surface area (Å²) in [5.74, 6) is 0. The van der Waals surface area contributed by atoms with Crippen LogP contribution in [0, 0.1) is 11.3 Å². The second-order valence-electron chi connectivity index (χ2n) is 4.89. The molecule has 0 radical (unpaired) electrons. The van der Waals surface area contributed by atoms with Gasteiger partial charge in [-0.15, -0.1) is 0 Å². The number of nitrogens with zero attached hydrogens (tertiary/aromatic N) is 7. The van der Waals surface area contributed by atoms with E-state index in [4.69, 9.17) is 0 Å². The Bertz CT molecular complexity index is 777. The van der Waals surface area contributed by atoms with Crippen LogP contribution >= 0.6 is 0 Å². The number of aryl methyl sites for hydroxylation is 2. The van der Waals surface area contributed by atoms with Gasteiger partial charge in [0.15, 0.2) is 0 Å². The fourth-order valence-corrected chi connectivity index (χ4v) is 2.16. The highest BCUT2D eigenvalue weighted by atomic mass is 15.4. The van der Waals surface area contributed by atoms with Gasteiger partial charge in [0.25, 0.3) is 12.7 Å². The summed E-state index contributed by atoms with van der Waals surface area (Å²) in [6.07, 6.45) is 7.32. The molecule has 0 N–H and O–H groups in total. The van der Waals surface area contributed by atoms with Gasteiger partial charge in [-0.3, -0.25) is 0 Å². The van der Waals surface area contributed by atoms with E-state index >= 15 is 0 Å². The van der Waals surface area contributed by atoms with Crippen molar-refractivity contribution in [3.8, 4) is 17.4 Å². The Morgan fingerprint density at radius 2 is 1.45 bits per heavy atom. The van der Waals surface area contributed by atoms with Crippen molar-refractivity contribution in [2.75, 3.05) is 0 Å². The standard InChI is InChI=1S/C15H17N7/c1-3-19-9-17-21(11-19)14-5-13(8-16)6-15(7-14)22-12-20(4-2)10-18-22/h5-7,9-12H,3-4H2,1-2H3/q+2. The Kier molecular flexibility index (Phi) is 3.66. The monoisotopic (exact) mass is 295 g/mol. The van der Waals surface area contributed by atoms with Crippen LogP contribution in [0.15, 0.2) is 43.5 Å². The number of aromatic nitrogens is 6. The maximum Gasteiger partial charge on any atom is 0.265 e. The summed E-state index contributed by atoms with van der Waals surface area (Å²) in [7, 11) is 0. The Morgan fingerprint density at radius 3 is 1.82 bits per heavy atom. The predicted octanol–water partition coefficient (Wildman–Crippen LogP) is 0.544. The molecule has 0 aliphatic heterocycles. The van der Waals surface area contributed by atoms with Crippen LogP contribution in [0.5, 0.6) is 0 Å². The molecule has 3 rings (SSSR count). The maximum absolute atomic E-state index is 9.26. The van der Waals surface area contributed by atoms with Gasteiger partial charge in [0.2, 0.25) is 12.7 Å². The molecule has 7 nitrogen and oxygen atoms in total.